The number of imide groups is 1. The summed E-state index contributed by atoms with van der Waals surface area (Å²) in [7, 11) is -2.13. The van der Waals surface area contributed by atoms with Crippen LogP contribution in [-0.4, -0.2) is 104 Å². The number of carbonyl (C=O) groups is 5. The normalized spacial score (nSPS) is 14.1. The Morgan fingerprint density at radius 1 is 1.02 bits per heavy atom. The third kappa shape index (κ3) is 19.6. The molecule has 1 heterocycles. The van der Waals surface area contributed by atoms with Crippen molar-refractivity contribution in [2.75, 3.05) is 74.3 Å². The van der Waals surface area contributed by atoms with Gasteiger partial charge < -0.3 is 33.7 Å². The molecule has 3 amide bonds. The number of rotatable bonds is 18. The maximum Gasteiger partial charge on any atom is 0.344 e. The minimum atomic E-state index is -4.35. The number of amides is 3. The number of hydrogen-bond donors (Lipinski definition) is 3. The zero-order valence-corrected chi connectivity index (χ0v) is 39.1. The number of para-hydroxylation sites is 1. The van der Waals surface area contributed by atoms with E-state index in [1.54, 1.807) is 12.0 Å². The monoisotopic (exact) mass is 937 g/mol. The summed E-state index contributed by atoms with van der Waals surface area (Å²) in [5.74, 6) is -3.74. The van der Waals surface area contributed by atoms with Crippen LogP contribution in [-0.2, 0) is 61.7 Å². The number of nitrogens with zero attached hydrogens (tertiary/aromatic N) is 2. The molecule has 0 saturated heterocycles. The van der Waals surface area contributed by atoms with Crippen LogP contribution in [0.15, 0.2) is 41.5 Å². The molecule has 20 heteroatoms. The van der Waals surface area contributed by atoms with E-state index in [0.29, 0.717) is 41.5 Å². The highest BCUT2D eigenvalue weighted by atomic mass is 35.5. The predicted octanol–water partition coefficient (Wildman–Crippen LogP) is 5.98. The van der Waals surface area contributed by atoms with Crippen LogP contribution in [0.4, 0.5) is 15.8 Å². The molecule has 1 unspecified atom stereocenters. The van der Waals surface area contributed by atoms with Crippen molar-refractivity contribution >= 4 is 82.7 Å². The molecule has 1 aliphatic carbocycles. The first-order valence-electron chi connectivity index (χ1n) is 19.6. The van der Waals surface area contributed by atoms with E-state index in [4.69, 9.17) is 47.4 Å². The van der Waals surface area contributed by atoms with Crippen LogP contribution >= 0.6 is 30.8 Å². The molecule has 0 spiro atoms. The van der Waals surface area contributed by atoms with Gasteiger partial charge in [-0.3, -0.25) is 29.4 Å². The van der Waals surface area contributed by atoms with Gasteiger partial charge in [0.2, 0.25) is 5.91 Å². The molecule has 1 aliphatic heterocycles. The van der Waals surface area contributed by atoms with Crippen LogP contribution in [0.3, 0.4) is 0 Å². The Hall–Kier alpha value is -3.54. The number of halogens is 3. The lowest BCUT2D eigenvalue weighted by Crippen LogP contribution is -2.35. The van der Waals surface area contributed by atoms with E-state index in [1.165, 1.54) is 6.07 Å². The van der Waals surface area contributed by atoms with E-state index < -0.39 is 56.6 Å². The van der Waals surface area contributed by atoms with Crippen molar-refractivity contribution in [2.45, 2.75) is 78.6 Å². The standard InChI is InChI=1S/C21H23ClFNO5.C14H20ClNO2.C3H8NO5P.C3H9S/c1-2-3-6-9-28-19(25)12-29-18-11-17(16(23)10-15(18)22)24-20(26)13-7-4-5-8-14(13)21(24)27;1-4-11-7-6-8-12(5-2)14(11)16(10-18-3)13(17)9-15;5-3(6)1-4-2-10(7,8)9;1-4(2)3/h10-11H,2-9,12H2,1H3;6-8H,4-5,9-10H2,1-3H3;4H,1-2H2,(H,5,6)(H2,7,8,9);1-3H3/q;;;+1/p-1. The van der Waals surface area contributed by atoms with E-state index >= 15 is 0 Å². The number of aryl methyl sites for hydroxylation is 2. The second-order valence-electron chi connectivity index (χ2n) is 13.9. The predicted molar refractivity (Wildman–Crippen MR) is 236 cm³/mol. The van der Waals surface area contributed by atoms with E-state index in [1.807, 2.05) is 30.4 Å². The van der Waals surface area contributed by atoms with E-state index in [9.17, 15) is 37.8 Å². The lowest BCUT2D eigenvalue weighted by Gasteiger charge is -2.26. The van der Waals surface area contributed by atoms with Crippen LogP contribution in [0.1, 0.15) is 76.8 Å². The molecular weight excluding hydrogens is 879 g/mol. The largest absolute Gasteiger partial charge is 0.778 e. The van der Waals surface area contributed by atoms with Gasteiger partial charge in [0.1, 0.15) is 31.8 Å². The summed E-state index contributed by atoms with van der Waals surface area (Å²) in [4.78, 5) is 79.3. The van der Waals surface area contributed by atoms with Crippen LogP contribution in [0, 0.1) is 5.82 Å². The number of carboxylic acids is 1. The lowest BCUT2D eigenvalue weighted by atomic mass is 9.93. The molecule has 0 aromatic heterocycles. The van der Waals surface area contributed by atoms with Crippen molar-refractivity contribution in [1.82, 2.24) is 5.32 Å². The molecule has 342 valence electrons. The van der Waals surface area contributed by atoms with Crippen LogP contribution in [0.2, 0.25) is 5.02 Å². The number of ether oxygens (including phenoxy) is 3. The van der Waals surface area contributed by atoms with Crippen molar-refractivity contribution < 1.29 is 62.0 Å². The molecule has 1 atom stereocenters. The number of methoxy groups -OCH3 is 1. The number of benzene rings is 2. The Balaban J connectivity index is 0.000000493. The molecule has 0 radical (unpaired) electrons. The summed E-state index contributed by atoms with van der Waals surface area (Å²) in [5, 5.41) is 9.91. The third-order valence-electron chi connectivity index (χ3n) is 8.49. The van der Waals surface area contributed by atoms with Gasteiger partial charge in [0, 0.05) is 24.3 Å². The van der Waals surface area contributed by atoms with Gasteiger partial charge in [0.05, 0.1) is 54.6 Å². The summed E-state index contributed by atoms with van der Waals surface area (Å²) in [6, 6.07) is 8.25. The van der Waals surface area contributed by atoms with E-state index in [0.717, 1.165) is 72.7 Å². The van der Waals surface area contributed by atoms with Gasteiger partial charge in [-0.25, -0.2) is 14.1 Å². The second-order valence-corrected chi connectivity index (χ2v) is 18.6. The topological polar surface area (TPSA) is 212 Å². The fraction of sp³-hybridized carbons (Fsp3) is 0.537. The van der Waals surface area contributed by atoms with Crippen LogP contribution < -0.4 is 24.7 Å². The maximum atomic E-state index is 14.5. The first kappa shape index (κ1) is 55.5. The molecule has 0 bridgehead atoms. The molecule has 2 aromatic carbocycles. The maximum absolute atomic E-state index is 14.5. The molecule has 15 nitrogen and oxygen atoms in total. The third-order valence-corrected chi connectivity index (χ3v) is 9.63. The van der Waals surface area contributed by atoms with Gasteiger partial charge in [0.15, 0.2) is 6.61 Å². The number of carboxylic acid groups (broad SMARTS) is 1. The zero-order chi connectivity index (χ0) is 46.3. The number of unbranched alkanes of at least 4 members (excludes halogenated alkanes) is 2. The molecule has 2 aromatic rings. The summed E-state index contributed by atoms with van der Waals surface area (Å²) < 4.78 is 40.0. The quantitative estimate of drug-likeness (QED) is 0.0299. The molecule has 0 saturated carbocycles. The number of hydrogen-bond acceptors (Lipinski definition) is 11. The Kier molecular flexibility index (Phi) is 26.3. The first-order chi connectivity index (χ1) is 28.8. The number of aliphatic carboxylic acids is 1. The summed E-state index contributed by atoms with van der Waals surface area (Å²) in [5.41, 5.74) is 3.91. The molecule has 4 rings (SSSR count). The summed E-state index contributed by atoms with van der Waals surface area (Å²) in [6.07, 6.45) is 13.0. The smallest absolute Gasteiger partial charge is 0.344 e. The van der Waals surface area contributed by atoms with Crippen molar-refractivity contribution in [2.24, 2.45) is 0 Å². The van der Waals surface area contributed by atoms with Gasteiger partial charge in [0.25, 0.3) is 11.8 Å². The SMILES string of the molecule is CCCCCOC(=O)COc1cc(N2C(=O)C3=C(CCCC3)C2=O)c(F)cc1Cl.CCc1cccc(CC)c1N(COC)C(=O)CCl.C[S+](C)C.O=C(O)CNCP(=O)([O-])O. The lowest BCUT2D eigenvalue weighted by molar-refractivity contribution is -0.193. The number of carbonyl (C=O) groups excluding carboxylic acids is 4. The summed E-state index contributed by atoms with van der Waals surface area (Å²) in [6.45, 7) is 5.84. The highest BCUT2D eigenvalue weighted by Crippen LogP contribution is 2.39. The average molecular weight is 939 g/mol. The number of alkyl halides is 1. The van der Waals surface area contributed by atoms with Gasteiger partial charge in [-0.1, -0.05) is 63.4 Å². The Bertz CT molecular complexity index is 1810. The van der Waals surface area contributed by atoms with Gasteiger partial charge in [-0.05, 0) is 73.0 Å². The average Bonchev–Trinajstić information content (AvgIpc) is 3.45. The Labute approximate surface area is 370 Å². The van der Waals surface area contributed by atoms with Crippen molar-refractivity contribution in [1.29, 1.82) is 0 Å². The highest BCUT2D eigenvalue weighted by Gasteiger charge is 2.41. The minimum absolute atomic E-state index is 0.000883. The highest BCUT2D eigenvalue weighted by molar-refractivity contribution is 7.94. The number of nitrogens with one attached hydrogen (secondary N) is 1. The second kappa shape index (κ2) is 28.9. The van der Waals surface area contributed by atoms with E-state index in [-0.39, 0.29) is 35.0 Å². The molecule has 61 heavy (non-hydrogen) atoms. The fourth-order valence-electron chi connectivity index (χ4n) is 5.80. The molecular formula is C41H59Cl2FN3O12PS. The van der Waals surface area contributed by atoms with Crippen LogP contribution in [0.25, 0.3) is 0 Å². The fourth-order valence-corrected chi connectivity index (χ4v) is 6.55. The van der Waals surface area contributed by atoms with Crippen molar-refractivity contribution in [3.63, 3.8) is 0 Å². The zero-order valence-electron chi connectivity index (χ0n) is 35.9. The Morgan fingerprint density at radius 3 is 2.03 bits per heavy atom. The van der Waals surface area contributed by atoms with Gasteiger partial charge in [-0.2, -0.15) is 0 Å². The Morgan fingerprint density at radius 2 is 1.57 bits per heavy atom. The number of anilines is 2. The molecule has 3 N–H and O–H groups in total. The van der Waals surface area contributed by atoms with Crippen molar-refractivity contribution in [3.05, 3.63) is 63.4 Å². The molecule has 0 fully saturated rings. The van der Waals surface area contributed by atoms with Crippen LogP contribution in [0.5, 0.6) is 5.75 Å². The molecule has 2 aliphatic rings. The first-order valence-corrected chi connectivity index (χ1v) is 24.7. The van der Waals surface area contributed by atoms with Gasteiger partial charge in [-0.15, -0.1) is 11.6 Å². The number of esters is 1. The minimum Gasteiger partial charge on any atom is -0.778 e. The van der Waals surface area contributed by atoms with Gasteiger partial charge >= 0.3 is 11.9 Å². The van der Waals surface area contributed by atoms with E-state index in [2.05, 4.69) is 32.6 Å². The van der Waals surface area contributed by atoms with Crippen molar-refractivity contribution in [3.8, 4) is 5.75 Å². The summed E-state index contributed by atoms with van der Waals surface area (Å²) >= 11 is 11.7.